The molecule has 1 saturated carbocycles. The summed E-state index contributed by atoms with van der Waals surface area (Å²) in [7, 11) is -2.66. The van der Waals surface area contributed by atoms with Crippen LogP contribution in [-0.2, 0) is 26.2 Å². The molecule has 3 aromatic rings. The standard InChI is InChI=1S/C31H36ClN3O5S/c1-3-29(31(37)33-25-10-7-8-11-25)34(21-23-16-18-24(32)19-17-23)30(36)22-35(26-12-9-13-27(20-26)40-2)41(38,39)28-14-5-4-6-15-28/h4-6,9,12-20,25,29H,3,7-8,10-11,21-22H2,1-2H3,(H,33,37)/t29-/m0/s1. The van der Waals surface area contributed by atoms with Gasteiger partial charge in [-0.15, -0.1) is 0 Å². The van der Waals surface area contributed by atoms with Gasteiger partial charge < -0.3 is 15.0 Å². The van der Waals surface area contributed by atoms with Gasteiger partial charge in [0.1, 0.15) is 18.3 Å². The van der Waals surface area contributed by atoms with Gasteiger partial charge in [0, 0.05) is 23.7 Å². The summed E-state index contributed by atoms with van der Waals surface area (Å²) in [4.78, 5) is 29.2. The number of carbonyl (C=O) groups is 2. The molecule has 0 heterocycles. The number of nitrogens with one attached hydrogen (secondary N) is 1. The van der Waals surface area contributed by atoms with E-state index in [0.29, 0.717) is 17.2 Å². The molecule has 10 heteroatoms. The Labute approximate surface area is 247 Å². The summed E-state index contributed by atoms with van der Waals surface area (Å²) in [6.45, 7) is 1.46. The molecule has 0 unspecified atom stereocenters. The summed E-state index contributed by atoms with van der Waals surface area (Å²) in [5.41, 5.74) is 1.05. The van der Waals surface area contributed by atoms with Crippen LogP contribution in [0.2, 0.25) is 5.02 Å². The predicted octanol–water partition coefficient (Wildman–Crippen LogP) is 5.41. The molecule has 0 radical (unpaired) electrons. The summed E-state index contributed by atoms with van der Waals surface area (Å²) in [5.74, 6) is -0.292. The minimum atomic E-state index is -4.15. The maximum absolute atomic E-state index is 14.2. The fourth-order valence-electron chi connectivity index (χ4n) is 5.09. The summed E-state index contributed by atoms with van der Waals surface area (Å²) >= 11 is 6.09. The van der Waals surface area contributed by atoms with E-state index in [9.17, 15) is 18.0 Å². The molecule has 1 N–H and O–H groups in total. The number of rotatable bonds is 12. The zero-order chi connectivity index (χ0) is 29.4. The van der Waals surface area contributed by atoms with Crippen LogP contribution < -0.4 is 14.4 Å². The van der Waals surface area contributed by atoms with Crippen LogP contribution in [0.25, 0.3) is 0 Å². The van der Waals surface area contributed by atoms with Crippen LogP contribution in [0.3, 0.4) is 0 Å². The van der Waals surface area contributed by atoms with Gasteiger partial charge in [0.05, 0.1) is 17.7 Å². The Kier molecular flexibility index (Phi) is 10.3. The highest BCUT2D eigenvalue weighted by Gasteiger charge is 2.34. The predicted molar refractivity (Wildman–Crippen MR) is 160 cm³/mol. The molecule has 218 valence electrons. The molecule has 0 aromatic heterocycles. The molecule has 0 bridgehead atoms. The summed E-state index contributed by atoms with van der Waals surface area (Å²) in [6.07, 6.45) is 4.30. The number of benzene rings is 3. The first-order valence-corrected chi connectivity index (χ1v) is 15.6. The van der Waals surface area contributed by atoms with E-state index in [0.717, 1.165) is 35.6 Å². The summed E-state index contributed by atoms with van der Waals surface area (Å²) in [6, 6.07) is 20.9. The normalized spacial score (nSPS) is 14.3. The number of carbonyl (C=O) groups excluding carboxylic acids is 2. The molecule has 2 amide bonds. The van der Waals surface area contributed by atoms with E-state index >= 15 is 0 Å². The second-order valence-corrected chi connectivity index (χ2v) is 12.4. The third-order valence-corrected chi connectivity index (χ3v) is 9.35. The van der Waals surface area contributed by atoms with Gasteiger partial charge in [-0.05, 0) is 61.2 Å². The van der Waals surface area contributed by atoms with E-state index in [1.807, 2.05) is 6.92 Å². The Hall–Kier alpha value is -3.56. The molecule has 0 saturated heterocycles. The molecular weight excluding hydrogens is 562 g/mol. The average molecular weight is 598 g/mol. The van der Waals surface area contributed by atoms with Crippen LogP contribution in [0.1, 0.15) is 44.6 Å². The number of nitrogens with zero attached hydrogens (tertiary/aromatic N) is 2. The summed E-state index contributed by atoms with van der Waals surface area (Å²) in [5, 5.41) is 3.67. The first-order chi connectivity index (χ1) is 19.7. The topological polar surface area (TPSA) is 96.0 Å². The molecule has 0 spiro atoms. The maximum atomic E-state index is 14.2. The zero-order valence-corrected chi connectivity index (χ0v) is 24.9. The second kappa shape index (κ2) is 13.9. The molecule has 4 rings (SSSR count). The van der Waals surface area contributed by atoms with Crippen molar-refractivity contribution in [1.29, 1.82) is 0 Å². The van der Waals surface area contributed by atoms with Crippen LogP contribution in [0.5, 0.6) is 5.75 Å². The lowest BCUT2D eigenvalue weighted by atomic mass is 10.1. The number of amides is 2. The number of hydrogen-bond acceptors (Lipinski definition) is 5. The Morgan fingerprint density at radius 3 is 2.32 bits per heavy atom. The molecule has 8 nitrogen and oxygen atoms in total. The van der Waals surface area contributed by atoms with Gasteiger partial charge in [-0.3, -0.25) is 13.9 Å². The lowest BCUT2D eigenvalue weighted by molar-refractivity contribution is -0.140. The maximum Gasteiger partial charge on any atom is 0.264 e. The number of anilines is 1. The monoisotopic (exact) mass is 597 g/mol. The Morgan fingerprint density at radius 1 is 1.00 bits per heavy atom. The van der Waals surface area contributed by atoms with Crippen molar-refractivity contribution in [2.45, 2.75) is 62.6 Å². The van der Waals surface area contributed by atoms with Gasteiger partial charge in [-0.25, -0.2) is 8.42 Å². The van der Waals surface area contributed by atoms with Crippen LogP contribution in [0, 0.1) is 0 Å². The quantitative estimate of drug-likeness (QED) is 0.301. The highest BCUT2D eigenvalue weighted by atomic mass is 35.5. The van der Waals surface area contributed by atoms with Gasteiger partial charge >= 0.3 is 0 Å². The fourth-order valence-corrected chi connectivity index (χ4v) is 6.64. The van der Waals surface area contributed by atoms with Crippen molar-refractivity contribution in [3.63, 3.8) is 0 Å². The van der Waals surface area contributed by atoms with Crippen molar-refractivity contribution in [2.24, 2.45) is 0 Å². The minimum absolute atomic E-state index is 0.0471. The van der Waals surface area contributed by atoms with E-state index in [1.54, 1.807) is 66.7 Å². The van der Waals surface area contributed by atoms with Crippen molar-refractivity contribution >= 4 is 39.1 Å². The van der Waals surface area contributed by atoms with Crippen LogP contribution in [-0.4, -0.2) is 50.9 Å². The lowest BCUT2D eigenvalue weighted by Crippen LogP contribution is -2.53. The zero-order valence-electron chi connectivity index (χ0n) is 23.3. The van der Waals surface area contributed by atoms with E-state index < -0.39 is 28.5 Å². The Morgan fingerprint density at radius 2 is 1.68 bits per heavy atom. The number of hydrogen-bond donors (Lipinski definition) is 1. The summed E-state index contributed by atoms with van der Waals surface area (Å²) < 4.78 is 34.2. The van der Waals surface area contributed by atoms with Crippen molar-refractivity contribution in [2.75, 3.05) is 18.0 Å². The van der Waals surface area contributed by atoms with Gasteiger partial charge in [0.25, 0.3) is 10.0 Å². The lowest BCUT2D eigenvalue weighted by Gasteiger charge is -2.33. The van der Waals surface area contributed by atoms with Crippen LogP contribution >= 0.6 is 11.6 Å². The first kappa shape index (κ1) is 30.4. The molecular formula is C31H36ClN3O5S. The van der Waals surface area contributed by atoms with Crippen LogP contribution in [0.4, 0.5) is 5.69 Å². The molecule has 1 atom stereocenters. The second-order valence-electron chi connectivity index (χ2n) is 10.1. The van der Waals surface area contributed by atoms with Gasteiger partial charge in [-0.1, -0.05) is 67.8 Å². The fraction of sp³-hybridized carbons (Fsp3) is 0.355. The molecule has 1 fully saturated rings. The van der Waals surface area contributed by atoms with E-state index in [2.05, 4.69) is 5.32 Å². The smallest absolute Gasteiger partial charge is 0.264 e. The molecule has 41 heavy (non-hydrogen) atoms. The van der Waals surface area contributed by atoms with Crippen molar-refractivity contribution in [1.82, 2.24) is 10.2 Å². The van der Waals surface area contributed by atoms with Gasteiger partial charge in [0.2, 0.25) is 11.8 Å². The number of ether oxygens (including phenoxy) is 1. The van der Waals surface area contributed by atoms with E-state index in [4.69, 9.17) is 16.3 Å². The third kappa shape index (κ3) is 7.59. The highest BCUT2D eigenvalue weighted by Crippen LogP contribution is 2.28. The largest absolute Gasteiger partial charge is 0.497 e. The number of sulfonamides is 1. The van der Waals surface area contributed by atoms with Crippen LogP contribution in [0.15, 0.2) is 83.8 Å². The van der Waals surface area contributed by atoms with E-state index in [-0.39, 0.29) is 29.1 Å². The molecule has 1 aliphatic rings. The minimum Gasteiger partial charge on any atom is -0.497 e. The van der Waals surface area contributed by atoms with Crippen molar-refractivity contribution in [3.05, 3.63) is 89.4 Å². The van der Waals surface area contributed by atoms with Crippen molar-refractivity contribution in [3.8, 4) is 5.75 Å². The first-order valence-electron chi connectivity index (χ1n) is 13.8. The number of methoxy groups -OCH3 is 1. The molecule has 0 aliphatic heterocycles. The van der Waals surface area contributed by atoms with Gasteiger partial charge in [0.15, 0.2) is 0 Å². The number of halogens is 1. The third-order valence-electron chi connectivity index (χ3n) is 7.31. The molecule has 3 aromatic carbocycles. The van der Waals surface area contributed by atoms with Crippen molar-refractivity contribution < 1.29 is 22.7 Å². The average Bonchev–Trinajstić information content (AvgIpc) is 3.50. The highest BCUT2D eigenvalue weighted by molar-refractivity contribution is 7.92. The molecule has 1 aliphatic carbocycles. The Bertz CT molecular complexity index is 1430. The van der Waals surface area contributed by atoms with E-state index in [1.165, 1.54) is 24.1 Å². The Balaban J connectivity index is 1.71. The van der Waals surface area contributed by atoms with Gasteiger partial charge in [-0.2, -0.15) is 0 Å². The SMILES string of the molecule is CC[C@@H](C(=O)NC1CCCC1)N(Cc1ccc(Cl)cc1)C(=O)CN(c1cccc(OC)c1)S(=O)(=O)c1ccccc1.